The first-order chi connectivity index (χ1) is 11.3. The topological polar surface area (TPSA) is 37.3 Å². The molecule has 0 aromatic rings. The van der Waals surface area contributed by atoms with Gasteiger partial charge in [0.2, 0.25) is 0 Å². The lowest BCUT2D eigenvalue weighted by molar-refractivity contribution is -0.111. The average molecular weight is 391 g/mol. The zero-order chi connectivity index (χ0) is 17.3. The van der Waals surface area contributed by atoms with Crippen LogP contribution >= 0.6 is 15.9 Å². The fourth-order valence-corrected chi connectivity index (χ4v) is 7.28. The summed E-state index contributed by atoms with van der Waals surface area (Å²) in [6, 6.07) is 0. The van der Waals surface area contributed by atoms with Crippen molar-refractivity contribution in [3.05, 3.63) is 33.9 Å². The number of carbonyl (C=O) groups is 1. The Balaban J connectivity index is 1.82. The summed E-state index contributed by atoms with van der Waals surface area (Å²) in [6.45, 7) is 6.73. The van der Waals surface area contributed by atoms with Crippen molar-refractivity contribution in [1.82, 2.24) is 0 Å². The number of hydrogen-bond donors (Lipinski definition) is 1. The molecular weight excluding hydrogens is 364 g/mol. The summed E-state index contributed by atoms with van der Waals surface area (Å²) in [5.74, 6) is 1.87. The van der Waals surface area contributed by atoms with Crippen LogP contribution in [0, 0.1) is 28.6 Å². The highest BCUT2D eigenvalue weighted by Crippen LogP contribution is 2.66. The van der Waals surface area contributed by atoms with Crippen LogP contribution < -0.4 is 0 Å². The van der Waals surface area contributed by atoms with Gasteiger partial charge in [-0.2, -0.15) is 0 Å². The molecule has 1 N–H and O–H groups in total. The summed E-state index contributed by atoms with van der Waals surface area (Å²) in [6.07, 6.45) is 11.4. The van der Waals surface area contributed by atoms with Gasteiger partial charge in [-0.1, -0.05) is 26.0 Å². The Morgan fingerprint density at radius 3 is 2.71 bits per heavy atom. The smallest absolute Gasteiger partial charge is 0.192 e. The molecule has 0 aliphatic heterocycles. The first kappa shape index (κ1) is 16.8. The second kappa shape index (κ2) is 5.41. The van der Waals surface area contributed by atoms with Crippen LogP contribution in [-0.2, 0) is 4.79 Å². The number of rotatable bonds is 0. The second-order valence-electron chi connectivity index (χ2n) is 8.70. The molecule has 3 heteroatoms. The highest BCUT2D eigenvalue weighted by Gasteiger charge is 2.59. The Bertz CT molecular complexity index is 688. The van der Waals surface area contributed by atoms with E-state index in [1.807, 2.05) is 0 Å². The van der Waals surface area contributed by atoms with E-state index in [1.54, 1.807) is 6.08 Å². The van der Waals surface area contributed by atoms with Crippen LogP contribution in [0.25, 0.3) is 0 Å². The predicted octanol–water partition coefficient (Wildman–Crippen LogP) is 4.93. The Morgan fingerprint density at radius 2 is 2.00 bits per heavy atom. The fourth-order valence-electron chi connectivity index (χ4n) is 6.47. The molecule has 0 spiro atoms. The van der Waals surface area contributed by atoms with Gasteiger partial charge < -0.3 is 5.11 Å². The van der Waals surface area contributed by atoms with Gasteiger partial charge in [0, 0.05) is 5.41 Å². The van der Waals surface area contributed by atoms with Crippen molar-refractivity contribution in [2.24, 2.45) is 28.6 Å². The highest BCUT2D eigenvalue weighted by molar-refractivity contribution is 9.12. The van der Waals surface area contributed by atoms with Gasteiger partial charge in [0.1, 0.15) is 0 Å². The van der Waals surface area contributed by atoms with Gasteiger partial charge >= 0.3 is 0 Å². The summed E-state index contributed by atoms with van der Waals surface area (Å²) >= 11 is 3.60. The number of hydrogen-bond acceptors (Lipinski definition) is 2. The molecule has 4 aliphatic carbocycles. The largest absolute Gasteiger partial charge is 0.393 e. The Kier molecular flexibility index (Phi) is 3.78. The molecule has 2 nitrogen and oxygen atoms in total. The molecule has 0 bridgehead atoms. The molecule has 0 aromatic heterocycles. The molecule has 3 saturated carbocycles. The van der Waals surface area contributed by atoms with E-state index in [1.165, 1.54) is 11.1 Å². The van der Waals surface area contributed by atoms with E-state index in [9.17, 15) is 9.90 Å². The summed E-state index contributed by atoms with van der Waals surface area (Å²) in [5, 5.41) is 10.6. The maximum absolute atomic E-state index is 12.2. The summed E-state index contributed by atoms with van der Waals surface area (Å²) in [5.41, 5.74) is 2.57. The second-order valence-corrected chi connectivity index (χ2v) is 9.49. The molecule has 4 aliphatic rings. The molecule has 24 heavy (non-hydrogen) atoms. The van der Waals surface area contributed by atoms with Crippen molar-refractivity contribution in [2.45, 2.75) is 59.0 Å². The molecule has 130 valence electrons. The molecule has 0 saturated heterocycles. The van der Waals surface area contributed by atoms with Crippen molar-refractivity contribution in [1.29, 1.82) is 0 Å². The monoisotopic (exact) mass is 390 g/mol. The third kappa shape index (κ3) is 2.00. The lowest BCUT2D eigenvalue weighted by atomic mass is 9.47. The molecule has 0 radical (unpaired) electrons. The number of allylic oxidation sites excluding steroid dienone is 6. The number of ketones is 1. The number of aliphatic hydroxyl groups excluding tert-OH is 1. The van der Waals surface area contributed by atoms with Crippen LogP contribution in [0.3, 0.4) is 0 Å². The van der Waals surface area contributed by atoms with E-state index >= 15 is 0 Å². The quantitative estimate of drug-likeness (QED) is 0.636. The lowest BCUT2D eigenvalue weighted by Crippen LogP contribution is -2.51. The summed E-state index contributed by atoms with van der Waals surface area (Å²) < 4.78 is 0.763. The van der Waals surface area contributed by atoms with Crippen LogP contribution in [0.15, 0.2) is 33.9 Å². The zero-order valence-electron chi connectivity index (χ0n) is 14.8. The van der Waals surface area contributed by atoms with Gasteiger partial charge in [0.25, 0.3) is 0 Å². The lowest BCUT2D eigenvalue weighted by Gasteiger charge is -2.57. The van der Waals surface area contributed by atoms with Crippen LogP contribution in [0.1, 0.15) is 52.9 Å². The molecule has 0 aromatic carbocycles. The van der Waals surface area contributed by atoms with E-state index in [4.69, 9.17) is 0 Å². The van der Waals surface area contributed by atoms with Gasteiger partial charge in [-0.25, -0.2) is 0 Å². The number of carbonyl (C=O) groups excluding carboxylic acids is 1. The van der Waals surface area contributed by atoms with E-state index in [0.717, 1.165) is 36.6 Å². The molecule has 0 amide bonds. The van der Waals surface area contributed by atoms with Crippen LogP contribution in [0.2, 0.25) is 0 Å². The van der Waals surface area contributed by atoms with Crippen LogP contribution in [0.4, 0.5) is 0 Å². The molecule has 4 rings (SSSR count). The van der Waals surface area contributed by atoms with Crippen LogP contribution in [-0.4, -0.2) is 17.0 Å². The van der Waals surface area contributed by atoms with E-state index in [-0.39, 0.29) is 22.7 Å². The Labute approximate surface area is 153 Å². The van der Waals surface area contributed by atoms with Crippen molar-refractivity contribution in [3.8, 4) is 0 Å². The molecule has 0 unspecified atom stereocenters. The zero-order valence-corrected chi connectivity index (χ0v) is 16.4. The standard InChI is InChI=1S/C21H27BrO2/c1-4-12-11-13-14-5-6-17(24)20(14,2)9-7-15(13)21(3)10-8-16(23)19(22)18(12)21/h4,8,10,13-15,17,24H,5-7,9,11H2,1-3H3/t13-,14-,15-,17-,20-,21+/m0/s1. The van der Waals surface area contributed by atoms with E-state index in [2.05, 4.69) is 48.9 Å². The van der Waals surface area contributed by atoms with Gasteiger partial charge in [-0.3, -0.25) is 4.79 Å². The summed E-state index contributed by atoms with van der Waals surface area (Å²) in [4.78, 5) is 12.2. The first-order valence-electron chi connectivity index (χ1n) is 9.30. The number of fused-ring (bicyclic) bond motifs is 5. The minimum Gasteiger partial charge on any atom is -0.393 e. The third-order valence-electron chi connectivity index (χ3n) is 7.84. The van der Waals surface area contributed by atoms with E-state index < -0.39 is 0 Å². The van der Waals surface area contributed by atoms with Gasteiger partial charge in [0.15, 0.2) is 5.78 Å². The summed E-state index contributed by atoms with van der Waals surface area (Å²) in [7, 11) is 0. The maximum atomic E-state index is 12.2. The average Bonchev–Trinajstić information content (AvgIpc) is 2.86. The Morgan fingerprint density at radius 1 is 1.25 bits per heavy atom. The minimum atomic E-state index is -0.141. The maximum Gasteiger partial charge on any atom is 0.192 e. The predicted molar refractivity (Wildman–Crippen MR) is 99.6 cm³/mol. The number of halogens is 1. The van der Waals surface area contributed by atoms with Crippen molar-refractivity contribution in [3.63, 3.8) is 0 Å². The third-order valence-corrected chi connectivity index (χ3v) is 8.63. The molecule has 6 atom stereocenters. The first-order valence-corrected chi connectivity index (χ1v) is 10.1. The highest BCUT2D eigenvalue weighted by atomic mass is 79.9. The van der Waals surface area contributed by atoms with Gasteiger partial charge in [0.05, 0.1) is 10.6 Å². The van der Waals surface area contributed by atoms with Gasteiger partial charge in [-0.15, -0.1) is 0 Å². The van der Waals surface area contributed by atoms with Crippen molar-refractivity contribution >= 4 is 21.7 Å². The molecular formula is C21H27BrO2. The molecule has 3 fully saturated rings. The van der Waals surface area contributed by atoms with E-state index in [0.29, 0.717) is 17.8 Å². The Hall–Kier alpha value is -0.670. The molecule has 0 heterocycles. The minimum absolute atomic E-state index is 0.0631. The van der Waals surface area contributed by atoms with Crippen molar-refractivity contribution in [2.75, 3.05) is 0 Å². The van der Waals surface area contributed by atoms with Crippen LogP contribution in [0.5, 0.6) is 0 Å². The van der Waals surface area contributed by atoms with Crippen molar-refractivity contribution < 1.29 is 9.90 Å². The normalized spacial score (nSPS) is 49.2. The number of aliphatic hydroxyl groups is 1. The fraction of sp³-hybridized carbons (Fsp3) is 0.667. The van der Waals surface area contributed by atoms with Gasteiger partial charge in [-0.05, 0) is 95.3 Å². The SMILES string of the molecule is CC=C1C[C@H]2[C@@H]3CC[C@H](O)[C@@]3(C)CC[C@@H]2[C@@]2(C)C=CC(=O)C(Br)=C12.